The van der Waals surface area contributed by atoms with Gasteiger partial charge < -0.3 is 18.7 Å². The Hall–Kier alpha value is -0.670. The number of phenols is 1. The molecule has 1 N–H and O–H groups in total. The van der Waals surface area contributed by atoms with Crippen molar-refractivity contribution in [3.05, 3.63) is 28.8 Å². The highest BCUT2D eigenvalue weighted by molar-refractivity contribution is 7.41. The SMILES string of the molecule is CC.CC.CCOP(OC)OCc1cc(C(C)(C)C)c(O)c(C(C)(C)C)c1. The van der Waals surface area contributed by atoms with Gasteiger partial charge in [0.2, 0.25) is 0 Å². The maximum Gasteiger partial charge on any atom is 0.332 e. The van der Waals surface area contributed by atoms with Gasteiger partial charge in [0.05, 0.1) is 13.2 Å². The summed E-state index contributed by atoms with van der Waals surface area (Å²) in [5, 5.41) is 10.7. The van der Waals surface area contributed by atoms with Crippen LogP contribution in [-0.4, -0.2) is 18.8 Å². The second-order valence-electron chi connectivity index (χ2n) is 7.64. The van der Waals surface area contributed by atoms with Crippen LogP contribution in [0.4, 0.5) is 0 Å². The Bertz CT molecular complexity index is 481. The van der Waals surface area contributed by atoms with Gasteiger partial charge in [-0.05, 0) is 46.6 Å². The van der Waals surface area contributed by atoms with E-state index in [1.54, 1.807) is 7.11 Å². The summed E-state index contributed by atoms with van der Waals surface area (Å²) in [6.07, 6.45) is 0. The van der Waals surface area contributed by atoms with Gasteiger partial charge in [0, 0.05) is 7.11 Å². The standard InChI is InChI=1S/C18H31O4P.2C2H6/c1-9-21-23(20-8)22-12-13-10-14(17(2,3)4)16(19)15(11-13)18(5,6)7;2*1-2/h10-11,19H,9,12H2,1-8H3;2*1-2H3. The van der Waals surface area contributed by atoms with E-state index in [1.807, 2.05) is 46.8 Å². The quantitative estimate of drug-likeness (QED) is 0.501. The maximum absolute atomic E-state index is 10.7. The van der Waals surface area contributed by atoms with Gasteiger partial charge in [-0.15, -0.1) is 0 Å². The van der Waals surface area contributed by atoms with Crippen molar-refractivity contribution in [3.8, 4) is 5.75 Å². The first-order chi connectivity index (χ1) is 12.5. The Balaban J connectivity index is 0. The van der Waals surface area contributed by atoms with Gasteiger partial charge in [-0.25, -0.2) is 0 Å². The van der Waals surface area contributed by atoms with Crippen LogP contribution in [0.3, 0.4) is 0 Å². The zero-order valence-electron chi connectivity index (χ0n) is 19.7. The molecule has 0 saturated carbocycles. The summed E-state index contributed by atoms with van der Waals surface area (Å²) in [7, 11) is 0.255. The number of benzene rings is 1. The van der Waals surface area contributed by atoms with Gasteiger partial charge in [-0.2, -0.15) is 0 Å². The number of aromatic hydroxyl groups is 1. The topological polar surface area (TPSA) is 47.9 Å². The smallest absolute Gasteiger partial charge is 0.332 e. The molecule has 1 atom stereocenters. The molecule has 0 fully saturated rings. The molecule has 1 aromatic carbocycles. The third kappa shape index (κ3) is 9.89. The second kappa shape index (κ2) is 13.5. The highest BCUT2D eigenvalue weighted by atomic mass is 31.2. The van der Waals surface area contributed by atoms with Crippen LogP contribution in [0.15, 0.2) is 12.1 Å². The van der Waals surface area contributed by atoms with Crippen LogP contribution in [-0.2, 0) is 31.0 Å². The van der Waals surface area contributed by atoms with Crippen LogP contribution in [0, 0.1) is 0 Å². The zero-order chi connectivity index (χ0) is 21.8. The van der Waals surface area contributed by atoms with Crippen molar-refractivity contribution < 1.29 is 18.7 Å². The minimum atomic E-state index is -1.33. The molecule has 0 heterocycles. The fourth-order valence-corrected chi connectivity index (χ4v) is 3.05. The van der Waals surface area contributed by atoms with Crippen molar-refractivity contribution in [1.82, 2.24) is 0 Å². The lowest BCUT2D eigenvalue weighted by Gasteiger charge is -2.28. The molecule has 27 heavy (non-hydrogen) atoms. The third-order valence-corrected chi connectivity index (χ3v) is 4.61. The Morgan fingerprint density at radius 3 is 1.56 bits per heavy atom. The van der Waals surface area contributed by atoms with E-state index in [4.69, 9.17) is 13.6 Å². The van der Waals surface area contributed by atoms with Gasteiger partial charge in [-0.1, -0.05) is 69.2 Å². The maximum atomic E-state index is 10.7. The van der Waals surface area contributed by atoms with E-state index in [1.165, 1.54) is 0 Å². The first-order valence-electron chi connectivity index (χ1n) is 9.97. The van der Waals surface area contributed by atoms with Crippen LogP contribution >= 0.6 is 8.60 Å². The number of rotatable bonds is 6. The van der Waals surface area contributed by atoms with E-state index in [-0.39, 0.29) is 10.8 Å². The molecule has 0 aliphatic heterocycles. The lowest BCUT2D eigenvalue weighted by atomic mass is 9.78. The van der Waals surface area contributed by atoms with Crippen molar-refractivity contribution in [1.29, 1.82) is 0 Å². The van der Waals surface area contributed by atoms with E-state index in [0.717, 1.165) is 16.7 Å². The van der Waals surface area contributed by atoms with E-state index < -0.39 is 8.60 Å². The van der Waals surface area contributed by atoms with Crippen LogP contribution in [0.2, 0.25) is 0 Å². The average molecular weight is 403 g/mol. The van der Waals surface area contributed by atoms with Crippen molar-refractivity contribution >= 4 is 8.60 Å². The van der Waals surface area contributed by atoms with Crippen molar-refractivity contribution in [2.75, 3.05) is 13.7 Å². The van der Waals surface area contributed by atoms with E-state index in [2.05, 4.69) is 41.5 Å². The van der Waals surface area contributed by atoms with Gasteiger partial charge in [-0.3, -0.25) is 0 Å². The molecule has 0 amide bonds. The van der Waals surface area contributed by atoms with Crippen molar-refractivity contribution in [2.45, 2.75) is 93.6 Å². The Kier molecular flexibility index (Phi) is 14.3. The minimum Gasteiger partial charge on any atom is -0.507 e. The summed E-state index contributed by atoms with van der Waals surface area (Å²) in [5.41, 5.74) is 2.59. The van der Waals surface area contributed by atoms with E-state index >= 15 is 0 Å². The number of hydrogen-bond acceptors (Lipinski definition) is 4. The summed E-state index contributed by atoms with van der Waals surface area (Å²) >= 11 is 0. The van der Waals surface area contributed by atoms with Gasteiger partial charge >= 0.3 is 8.60 Å². The van der Waals surface area contributed by atoms with E-state index in [9.17, 15) is 5.11 Å². The molecular formula is C22H43O4P. The van der Waals surface area contributed by atoms with Crippen molar-refractivity contribution in [2.24, 2.45) is 0 Å². The monoisotopic (exact) mass is 402 g/mol. The average Bonchev–Trinajstić information content (AvgIpc) is 2.61. The second-order valence-corrected chi connectivity index (χ2v) is 8.97. The van der Waals surface area contributed by atoms with Crippen LogP contribution in [0.5, 0.6) is 5.75 Å². The molecule has 160 valence electrons. The third-order valence-electron chi connectivity index (χ3n) is 3.51. The molecule has 0 spiro atoms. The predicted molar refractivity (Wildman–Crippen MR) is 119 cm³/mol. The first kappa shape index (κ1) is 28.5. The molecule has 1 aromatic rings. The highest BCUT2D eigenvalue weighted by Crippen LogP contribution is 2.42. The van der Waals surface area contributed by atoms with Crippen LogP contribution in [0.1, 0.15) is 92.9 Å². The number of hydrogen-bond donors (Lipinski definition) is 1. The number of phenolic OH excluding ortho intramolecular Hbond substituents is 1. The van der Waals surface area contributed by atoms with Crippen LogP contribution < -0.4 is 0 Å². The fraction of sp³-hybridized carbons (Fsp3) is 0.727. The molecule has 0 radical (unpaired) electrons. The lowest BCUT2D eigenvalue weighted by molar-refractivity contribution is 0.180. The summed E-state index contributed by atoms with van der Waals surface area (Å²) in [6.45, 7) is 23.4. The molecule has 4 nitrogen and oxygen atoms in total. The van der Waals surface area contributed by atoms with Gasteiger partial charge in [0.1, 0.15) is 5.75 Å². The normalized spacial score (nSPS) is 12.4. The van der Waals surface area contributed by atoms with Crippen molar-refractivity contribution in [3.63, 3.8) is 0 Å². The minimum absolute atomic E-state index is 0.147. The summed E-state index contributed by atoms with van der Waals surface area (Å²) < 4.78 is 16.3. The Labute approximate surface area is 169 Å². The molecule has 0 bridgehead atoms. The van der Waals surface area contributed by atoms with E-state index in [0.29, 0.717) is 19.0 Å². The fourth-order valence-electron chi connectivity index (χ4n) is 2.30. The largest absolute Gasteiger partial charge is 0.507 e. The Morgan fingerprint density at radius 2 is 1.26 bits per heavy atom. The summed E-state index contributed by atoms with van der Waals surface area (Å²) in [4.78, 5) is 0. The van der Waals surface area contributed by atoms with Gasteiger partial charge in [0.15, 0.2) is 0 Å². The highest BCUT2D eigenvalue weighted by Gasteiger charge is 2.26. The first-order valence-corrected chi connectivity index (χ1v) is 11.1. The molecule has 5 heteroatoms. The van der Waals surface area contributed by atoms with Gasteiger partial charge in [0.25, 0.3) is 0 Å². The zero-order valence-corrected chi connectivity index (χ0v) is 20.6. The molecular weight excluding hydrogens is 359 g/mol. The molecule has 1 rings (SSSR count). The molecule has 0 saturated heterocycles. The molecule has 0 aromatic heterocycles. The summed E-state index contributed by atoms with van der Waals surface area (Å²) in [5.74, 6) is 0.382. The molecule has 0 aliphatic carbocycles. The lowest BCUT2D eigenvalue weighted by Crippen LogP contribution is -2.18. The molecule has 0 aliphatic rings. The molecule has 1 unspecified atom stereocenters. The summed E-state index contributed by atoms with van der Waals surface area (Å²) in [6, 6.07) is 4.03. The predicted octanol–water partition coefficient (Wildman–Crippen LogP) is 7.47. The Morgan fingerprint density at radius 1 is 0.852 bits per heavy atom. The van der Waals surface area contributed by atoms with Crippen LogP contribution in [0.25, 0.3) is 0 Å².